The van der Waals surface area contributed by atoms with E-state index in [0.717, 1.165) is 11.6 Å². The van der Waals surface area contributed by atoms with Crippen molar-refractivity contribution in [3.63, 3.8) is 0 Å². The second-order valence-corrected chi connectivity index (χ2v) is 4.34. The average molecular weight is 257 g/mol. The molecule has 2 nitrogen and oxygen atoms in total. The summed E-state index contributed by atoms with van der Waals surface area (Å²) >= 11 is 0. The quantitative estimate of drug-likeness (QED) is 0.865. The standard InChI is InChI=1S/C13H14F3NO/c1-7(2)4-9-5-8(3)10(12(17)18)6-11(9)13(14,15)16/h4-6H,1-3H3,(H2,17,18). The summed E-state index contributed by atoms with van der Waals surface area (Å²) in [6.45, 7) is 4.97. The van der Waals surface area contributed by atoms with Crippen LogP contribution in [0, 0.1) is 6.92 Å². The summed E-state index contributed by atoms with van der Waals surface area (Å²) in [6, 6.07) is 2.14. The van der Waals surface area contributed by atoms with E-state index < -0.39 is 17.6 Å². The minimum Gasteiger partial charge on any atom is -0.366 e. The lowest BCUT2D eigenvalue weighted by Crippen LogP contribution is -2.16. The van der Waals surface area contributed by atoms with Crippen molar-refractivity contribution < 1.29 is 18.0 Å². The van der Waals surface area contributed by atoms with E-state index in [-0.39, 0.29) is 11.1 Å². The SMILES string of the molecule is CC(C)=Cc1cc(C)c(C(N)=O)cc1C(F)(F)F. The molecule has 1 amide bonds. The second-order valence-electron chi connectivity index (χ2n) is 4.34. The minimum atomic E-state index is -4.51. The van der Waals surface area contributed by atoms with Gasteiger partial charge in [-0.1, -0.05) is 17.7 Å². The van der Waals surface area contributed by atoms with Crippen LogP contribution in [0.15, 0.2) is 17.7 Å². The monoisotopic (exact) mass is 257 g/mol. The van der Waals surface area contributed by atoms with Gasteiger partial charge >= 0.3 is 6.18 Å². The third-order valence-electron chi connectivity index (χ3n) is 2.41. The number of halogens is 3. The number of benzene rings is 1. The Labute approximate surface area is 103 Å². The molecule has 0 bridgehead atoms. The van der Waals surface area contributed by atoms with Gasteiger partial charge in [-0.05, 0) is 38.0 Å². The van der Waals surface area contributed by atoms with Gasteiger partial charge < -0.3 is 5.73 Å². The van der Waals surface area contributed by atoms with Crippen molar-refractivity contribution in [2.75, 3.05) is 0 Å². The number of alkyl halides is 3. The van der Waals surface area contributed by atoms with Crippen LogP contribution in [0.1, 0.15) is 40.9 Å². The van der Waals surface area contributed by atoms with Crippen molar-refractivity contribution in [2.45, 2.75) is 26.9 Å². The Balaban J connectivity index is 3.58. The van der Waals surface area contributed by atoms with Crippen LogP contribution in [-0.4, -0.2) is 5.91 Å². The Hall–Kier alpha value is -1.78. The number of carbonyl (C=O) groups excluding carboxylic acids is 1. The van der Waals surface area contributed by atoms with Crippen LogP contribution in [0.5, 0.6) is 0 Å². The van der Waals surface area contributed by atoms with Gasteiger partial charge in [-0.25, -0.2) is 0 Å². The van der Waals surface area contributed by atoms with Crippen LogP contribution in [0.4, 0.5) is 13.2 Å². The molecule has 0 aliphatic carbocycles. The summed E-state index contributed by atoms with van der Waals surface area (Å²) in [5.41, 5.74) is 5.33. The molecule has 1 aromatic carbocycles. The number of aryl methyl sites for hydroxylation is 1. The maximum absolute atomic E-state index is 12.9. The van der Waals surface area contributed by atoms with Gasteiger partial charge in [0, 0.05) is 5.56 Å². The van der Waals surface area contributed by atoms with E-state index in [1.54, 1.807) is 20.8 Å². The lowest BCUT2D eigenvalue weighted by Gasteiger charge is -2.14. The van der Waals surface area contributed by atoms with Crippen molar-refractivity contribution in [2.24, 2.45) is 5.73 Å². The van der Waals surface area contributed by atoms with E-state index in [2.05, 4.69) is 0 Å². The summed E-state index contributed by atoms with van der Waals surface area (Å²) in [5, 5.41) is 0. The molecule has 5 heteroatoms. The topological polar surface area (TPSA) is 43.1 Å². The predicted octanol–water partition coefficient (Wildman–Crippen LogP) is 3.54. The van der Waals surface area contributed by atoms with Gasteiger partial charge in [0.05, 0.1) is 5.56 Å². The van der Waals surface area contributed by atoms with Gasteiger partial charge in [0.25, 0.3) is 0 Å². The highest BCUT2D eigenvalue weighted by Gasteiger charge is 2.34. The van der Waals surface area contributed by atoms with Gasteiger partial charge in [0.15, 0.2) is 0 Å². The molecule has 0 aliphatic heterocycles. The molecular formula is C13H14F3NO. The van der Waals surface area contributed by atoms with Crippen LogP contribution in [-0.2, 0) is 6.18 Å². The normalized spacial score (nSPS) is 11.2. The van der Waals surface area contributed by atoms with Crippen LogP contribution >= 0.6 is 0 Å². The maximum atomic E-state index is 12.9. The van der Waals surface area contributed by atoms with Crippen LogP contribution in [0.25, 0.3) is 6.08 Å². The first kappa shape index (κ1) is 14.3. The number of primary amides is 1. The molecule has 0 radical (unpaired) electrons. The number of amides is 1. The number of allylic oxidation sites excluding steroid dienone is 1. The largest absolute Gasteiger partial charge is 0.417 e. The predicted molar refractivity (Wildman–Crippen MR) is 64.0 cm³/mol. The van der Waals surface area contributed by atoms with Crippen molar-refractivity contribution in [3.05, 3.63) is 40.0 Å². The number of rotatable bonds is 2. The summed E-state index contributed by atoms with van der Waals surface area (Å²) in [4.78, 5) is 11.1. The number of carbonyl (C=O) groups is 1. The molecule has 1 rings (SSSR count). The molecule has 0 aliphatic rings. The average Bonchev–Trinajstić information content (AvgIpc) is 2.13. The number of hydrogen-bond acceptors (Lipinski definition) is 1. The highest BCUT2D eigenvalue weighted by atomic mass is 19.4. The molecular weight excluding hydrogens is 243 g/mol. The lowest BCUT2D eigenvalue weighted by atomic mass is 9.97. The van der Waals surface area contributed by atoms with E-state index in [9.17, 15) is 18.0 Å². The molecule has 0 saturated heterocycles. The maximum Gasteiger partial charge on any atom is 0.417 e. The molecule has 0 fully saturated rings. The molecule has 0 atom stereocenters. The molecule has 1 aromatic rings. The molecule has 2 N–H and O–H groups in total. The van der Waals surface area contributed by atoms with Gasteiger partial charge in [0.2, 0.25) is 5.91 Å². The molecule has 0 aromatic heterocycles. The fourth-order valence-corrected chi connectivity index (χ4v) is 1.67. The summed E-state index contributed by atoms with van der Waals surface area (Å²) in [6.07, 6.45) is -3.08. The lowest BCUT2D eigenvalue weighted by molar-refractivity contribution is -0.137. The Kier molecular flexibility index (Phi) is 3.84. The fourth-order valence-electron chi connectivity index (χ4n) is 1.67. The minimum absolute atomic E-state index is 0.0463. The first-order valence-electron chi connectivity index (χ1n) is 5.29. The van der Waals surface area contributed by atoms with Crippen molar-refractivity contribution >= 4 is 12.0 Å². The summed E-state index contributed by atoms with van der Waals surface area (Å²) in [5.74, 6) is -0.859. The smallest absolute Gasteiger partial charge is 0.366 e. The van der Waals surface area contributed by atoms with E-state index in [4.69, 9.17) is 5.73 Å². The zero-order valence-electron chi connectivity index (χ0n) is 10.4. The van der Waals surface area contributed by atoms with Gasteiger partial charge in [-0.2, -0.15) is 13.2 Å². The van der Waals surface area contributed by atoms with Gasteiger partial charge in [-0.15, -0.1) is 0 Å². The first-order chi connectivity index (χ1) is 8.12. The zero-order valence-corrected chi connectivity index (χ0v) is 10.4. The molecule has 0 unspecified atom stereocenters. The molecule has 98 valence electrons. The Bertz CT molecular complexity index is 512. The van der Waals surface area contributed by atoms with Crippen molar-refractivity contribution in [1.82, 2.24) is 0 Å². The molecule has 18 heavy (non-hydrogen) atoms. The Morgan fingerprint density at radius 2 is 1.83 bits per heavy atom. The fraction of sp³-hybridized carbons (Fsp3) is 0.308. The van der Waals surface area contributed by atoms with Crippen molar-refractivity contribution in [3.8, 4) is 0 Å². The summed E-state index contributed by atoms with van der Waals surface area (Å²) in [7, 11) is 0. The van der Waals surface area contributed by atoms with E-state index in [1.807, 2.05) is 0 Å². The highest BCUT2D eigenvalue weighted by molar-refractivity contribution is 5.95. The summed E-state index contributed by atoms with van der Waals surface area (Å²) < 4.78 is 38.7. The zero-order chi connectivity index (χ0) is 14.1. The number of hydrogen-bond donors (Lipinski definition) is 1. The van der Waals surface area contributed by atoms with Gasteiger partial charge in [0.1, 0.15) is 0 Å². The molecule has 0 saturated carbocycles. The van der Waals surface area contributed by atoms with E-state index in [1.165, 1.54) is 12.1 Å². The second kappa shape index (κ2) is 4.84. The molecule has 0 spiro atoms. The third kappa shape index (κ3) is 3.12. The van der Waals surface area contributed by atoms with Gasteiger partial charge in [-0.3, -0.25) is 4.79 Å². The Morgan fingerprint density at radius 3 is 2.22 bits per heavy atom. The molecule has 0 heterocycles. The van der Waals surface area contributed by atoms with Crippen molar-refractivity contribution in [1.29, 1.82) is 0 Å². The number of nitrogens with two attached hydrogens (primary N) is 1. The van der Waals surface area contributed by atoms with E-state index in [0.29, 0.717) is 5.56 Å². The van der Waals surface area contributed by atoms with Crippen LogP contribution in [0.2, 0.25) is 0 Å². The van der Waals surface area contributed by atoms with Crippen LogP contribution in [0.3, 0.4) is 0 Å². The Morgan fingerprint density at radius 1 is 1.28 bits per heavy atom. The highest BCUT2D eigenvalue weighted by Crippen LogP contribution is 2.34. The van der Waals surface area contributed by atoms with E-state index >= 15 is 0 Å². The van der Waals surface area contributed by atoms with Crippen LogP contribution < -0.4 is 5.73 Å². The third-order valence-corrected chi connectivity index (χ3v) is 2.41. The first-order valence-corrected chi connectivity index (χ1v) is 5.29.